The normalized spacial score (nSPS) is 19.2. The maximum atomic E-state index is 14.2. The lowest BCUT2D eigenvalue weighted by atomic mass is 9.72. The van der Waals surface area contributed by atoms with Gasteiger partial charge in [-0.05, 0) is 138 Å². The van der Waals surface area contributed by atoms with Crippen LogP contribution in [0.2, 0.25) is 0 Å². The Morgan fingerprint density at radius 2 is 0.964 bits per heavy atom. The van der Waals surface area contributed by atoms with Gasteiger partial charge in [0.05, 0.1) is 9.79 Å². The van der Waals surface area contributed by atoms with E-state index in [4.69, 9.17) is 0 Å². The molecule has 2 aliphatic rings. The van der Waals surface area contributed by atoms with Crippen LogP contribution in [0.1, 0.15) is 119 Å². The highest BCUT2D eigenvalue weighted by Gasteiger charge is 2.27. The highest BCUT2D eigenvalue weighted by Crippen LogP contribution is 2.42. The molecule has 292 valence electrons. The molecule has 0 aromatic heterocycles. The molecule has 0 saturated heterocycles. The standard InChI is InChI=1S/C52H66O2S/c1-39(19-15-21-41(3)31-35-47-43(5)23-17-37-51(47,7)8)29-33-45-25-11-13-27-49(45)55(53,54)50-28-14-12-26-46(50)34-30-40(2)20-16-22-42(4)32-36-48-44(6)24-18-38-52(48,9)10/h11-16,19-22,25-32,35-36H,17-18,23-24,33-34,37-38H2,1-10H3. The molecule has 4 rings (SSSR count). The van der Waals surface area contributed by atoms with E-state index < -0.39 is 9.84 Å². The first kappa shape index (κ1) is 43.5. The van der Waals surface area contributed by atoms with Crippen LogP contribution in [0, 0.1) is 10.8 Å². The zero-order valence-electron chi connectivity index (χ0n) is 35.4. The molecule has 2 aromatic rings. The van der Waals surface area contributed by atoms with Gasteiger partial charge in [0.2, 0.25) is 9.84 Å². The lowest BCUT2D eigenvalue weighted by Crippen LogP contribution is -2.19. The van der Waals surface area contributed by atoms with Crippen molar-refractivity contribution in [1.82, 2.24) is 0 Å². The van der Waals surface area contributed by atoms with Gasteiger partial charge < -0.3 is 0 Å². The first-order chi connectivity index (χ1) is 26.0. The second-order valence-corrected chi connectivity index (χ2v) is 19.0. The molecule has 0 aliphatic heterocycles. The Morgan fingerprint density at radius 1 is 0.582 bits per heavy atom. The van der Waals surface area contributed by atoms with Crippen LogP contribution in [0.3, 0.4) is 0 Å². The molecule has 0 atom stereocenters. The Kier molecular flexibility index (Phi) is 15.5. The Morgan fingerprint density at radius 3 is 1.35 bits per heavy atom. The summed E-state index contributed by atoms with van der Waals surface area (Å²) in [4.78, 5) is 0.729. The molecule has 2 aromatic carbocycles. The van der Waals surface area contributed by atoms with Crippen LogP contribution in [0.4, 0.5) is 0 Å². The van der Waals surface area contributed by atoms with Gasteiger partial charge in [-0.2, -0.15) is 0 Å². The fourth-order valence-corrected chi connectivity index (χ4v) is 9.68. The van der Waals surface area contributed by atoms with Crippen LogP contribution >= 0.6 is 0 Å². The second-order valence-electron chi connectivity index (χ2n) is 17.1. The lowest BCUT2D eigenvalue weighted by molar-refractivity contribution is 0.376. The average Bonchev–Trinajstić information content (AvgIpc) is 3.12. The average molecular weight is 755 g/mol. The smallest absolute Gasteiger partial charge is 0.207 e. The predicted molar refractivity (Wildman–Crippen MR) is 238 cm³/mol. The van der Waals surface area contributed by atoms with Crippen LogP contribution in [-0.4, -0.2) is 8.42 Å². The molecule has 2 nitrogen and oxygen atoms in total. The number of benzene rings is 2. The van der Waals surface area contributed by atoms with Gasteiger partial charge in [-0.3, -0.25) is 0 Å². The highest BCUT2D eigenvalue weighted by atomic mass is 32.2. The van der Waals surface area contributed by atoms with Crippen molar-refractivity contribution in [2.75, 3.05) is 0 Å². The SMILES string of the molecule is CC(C=CC1=C(C)CCCC1(C)C)=CC=CC(C)=CCc1ccccc1S(=O)(=O)c1ccccc1CC=C(C)C=CC=C(C)C=CC1=C(C)CCCC1(C)C. The topological polar surface area (TPSA) is 34.1 Å². The number of sulfone groups is 1. The molecule has 0 unspecified atom stereocenters. The van der Waals surface area contributed by atoms with E-state index in [2.05, 4.69) is 142 Å². The molecule has 0 spiro atoms. The summed E-state index contributed by atoms with van der Waals surface area (Å²) in [6.45, 7) is 22.3. The summed E-state index contributed by atoms with van der Waals surface area (Å²) in [5.74, 6) is 0. The zero-order valence-corrected chi connectivity index (χ0v) is 36.2. The van der Waals surface area contributed by atoms with Crippen molar-refractivity contribution in [2.45, 2.75) is 130 Å². The van der Waals surface area contributed by atoms with Gasteiger partial charge in [0.1, 0.15) is 0 Å². The summed E-state index contributed by atoms with van der Waals surface area (Å²) in [7, 11) is -3.74. The van der Waals surface area contributed by atoms with Crippen LogP contribution in [0.5, 0.6) is 0 Å². The van der Waals surface area contributed by atoms with Gasteiger partial charge in [-0.1, -0.05) is 170 Å². The van der Waals surface area contributed by atoms with Gasteiger partial charge in [0, 0.05) is 0 Å². The first-order valence-electron chi connectivity index (χ1n) is 20.2. The molecular weight excluding hydrogens is 689 g/mol. The molecular formula is C52H66O2S. The highest BCUT2D eigenvalue weighted by molar-refractivity contribution is 7.91. The molecule has 3 heteroatoms. The van der Waals surface area contributed by atoms with E-state index in [1.165, 1.54) is 72.0 Å². The van der Waals surface area contributed by atoms with E-state index in [-0.39, 0.29) is 10.8 Å². The Balaban J connectivity index is 1.43. The number of hydrogen-bond acceptors (Lipinski definition) is 2. The van der Waals surface area contributed by atoms with Crippen molar-refractivity contribution in [3.8, 4) is 0 Å². The molecule has 0 radical (unpaired) electrons. The van der Waals surface area contributed by atoms with Crippen LogP contribution in [-0.2, 0) is 22.7 Å². The zero-order chi connectivity index (χ0) is 40.2. The molecule has 0 heterocycles. The van der Waals surface area contributed by atoms with Gasteiger partial charge in [0.25, 0.3) is 0 Å². The summed E-state index contributed by atoms with van der Waals surface area (Å²) in [6.07, 6.45) is 34.3. The maximum Gasteiger partial charge on any atom is 0.207 e. The summed E-state index contributed by atoms with van der Waals surface area (Å²) < 4.78 is 28.5. The minimum absolute atomic E-state index is 0.229. The second kappa shape index (κ2) is 19.6. The molecule has 0 N–H and O–H groups in total. The van der Waals surface area contributed by atoms with Crippen LogP contribution in [0.15, 0.2) is 176 Å². The molecule has 55 heavy (non-hydrogen) atoms. The van der Waals surface area contributed by atoms with E-state index in [0.717, 1.165) is 22.3 Å². The van der Waals surface area contributed by atoms with Crippen molar-refractivity contribution < 1.29 is 8.42 Å². The van der Waals surface area contributed by atoms with Crippen LogP contribution in [0.25, 0.3) is 0 Å². The third-order valence-electron chi connectivity index (χ3n) is 11.4. The largest absolute Gasteiger partial charge is 0.218 e. The van der Waals surface area contributed by atoms with Gasteiger partial charge in [-0.15, -0.1) is 0 Å². The van der Waals surface area contributed by atoms with Crippen molar-refractivity contribution >= 4 is 9.84 Å². The minimum atomic E-state index is -3.74. The molecule has 2 aliphatic carbocycles. The molecule has 0 bridgehead atoms. The van der Waals surface area contributed by atoms with Crippen molar-refractivity contribution in [3.63, 3.8) is 0 Å². The number of hydrogen-bond donors (Lipinski definition) is 0. The van der Waals surface area contributed by atoms with E-state index in [1.807, 2.05) is 36.4 Å². The Hall–Kier alpha value is -4.21. The van der Waals surface area contributed by atoms with Crippen molar-refractivity contribution in [3.05, 3.63) is 177 Å². The van der Waals surface area contributed by atoms with Crippen molar-refractivity contribution in [1.29, 1.82) is 0 Å². The van der Waals surface area contributed by atoms with Crippen molar-refractivity contribution in [2.24, 2.45) is 10.8 Å². The van der Waals surface area contributed by atoms with Gasteiger partial charge >= 0.3 is 0 Å². The fraction of sp³-hybridized carbons (Fsp3) is 0.385. The molecule has 0 saturated carbocycles. The third-order valence-corrected chi connectivity index (χ3v) is 13.3. The number of rotatable bonds is 14. The quantitative estimate of drug-likeness (QED) is 0.180. The van der Waals surface area contributed by atoms with E-state index in [1.54, 1.807) is 12.1 Å². The summed E-state index contributed by atoms with van der Waals surface area (Å²) in [5, 5.41) is 0. The maximum absolute atomic E-state index is 14.2. The minimum Gasteiger partial charge on any atom is -0.218 e. The third kappa shape index (κ3) is 12.4. The Bertz CT molecular complexity index is 1960. The predicted octanol–water partition coefficient (Wildman–Crippen LogP) is 14.7. The van der Waals surface area contributed by atoms with E-state index in [0.29, 0.717) is 22.6 Å². The summed E-state index contributed by atoms with van der Waals surface area (Å²) in [5.41, 5.74) is 12.6. The molecule has 0 amide bonds. The first-order valence-corrected chi connectivity index (χ1v) is 21.7. The summed E-state index contributed by atoms with van der Waals surface area (Å²) in [6, 6.07) is 14.8. The lowest BCUT2D eigenvalue weighted by Gasteiger charge is -2.33. The van der Waals surface area contributed by atoms with E-state index in [9.17, 15) is 8.42 Å². The Labute approximate surface area is 335 Å². The van der Waals surface area contributed by atoms with Gasteiger partial charge in [-0.25, -0.2) is 8.42 Å². The van der Waals surface area contributed by atoms with Crippen LogP contribution < -0.4 is 0 Å². The number of allylic oxidation sites excluding steroid dienone is 20. The summed E-state index contributed by atoms with van der Waals surface area (Å²) >= 11 is 0. The monoisotopic (exact) mass is 754 g/mol. The molecule has 0 fully saturated rings. The fourth-order valence-electron chi connectivity index (χ4n) is 7.93. The van der Waals surface area contributed by atoms with Gasteiger partial charge in [0.15, 0.2) is 0 Å². The van der Waals surface area contributed by atoms with E-state index >= 15 is 0 Å².